The lowest BCUT2D eigenvalue weighted by Gasteiger charge is -2.32. The first-order chi connectivity index (χ1) is 8.56. The number of morpholine rings is 1. The van der Waals surface area contributed by atoms with E-state index in [1.54, 1.807) is 0 Å². The molecule has 0 bridgehead atoms. The van der Waals surface area contributed by atoms with Gasteiger partial charge in [0.2, 0.25) is 0 Å². The van der Waals surface area contributed by atoms with Crippen molar-refractivity contribution < 1.29 is 4.74 Å². The maximum absolute atomic E-state index is 7.46. The number of aryl methyl sites for hydroxylation is 2. The van der Waals surface area contributed by atoms with Gasteiger partial charge in [0, 0.05) is 19.6 Å². The van der Waals surface area contributed by atoms with Gasteiger partial charge in [0.05, 0.1) is 6.61 Å². The van der Waals surface area contributed by atoms with Crippen molar-refractivity contribution in [3.05, 3.63) is 34.9 Å². The van der Waals surface area contributed by atoms with Crippen molar-refractivity contribution >= 4 is 5.84 Å². The lowest BCUT2D eigenvalue weighted by Crippen LogP contribution is -2.47. The number of benzene rings is 1. The number of amidine groups is 1. The molecular formula is C14H21N3O. The number of rotatable bonds is 3. The van der Waals surface area contributed by atoms with Crippen LogP contribution in [-0.4, -0.2) is 36.5 Å². The lowest BCUT2D eigenvalue weighted by molar-refractivity contribution is 0.00229. The number of nitrogens with zero attached hydrogens (tertiary/aromatic N) is 1. The van der Waals surface area contributed by atoms with Crippen LogP contribution in [0.15, 0.2) is 18.2 Å². The molecular weight excluding hydrogens is 226 g/mol. The zero-order valence-corrected chi connectivity index (χ0v) is 11.1. The predicted molar refractivity (Wildman–Crippen MR) is 72.8 cm³/mol. The molecule has 1 aromatic carbocycles. The Balaban J connectivity index is 2.04. The highest BCUT2D eigenvalue weighted by atomic mass is 16.5. The molecule has 3 N–H and O–H groups in total. The summed E-state index contributed by atoms with van der Waals surface area (Å²) in [6.07, 6.45) is -0.246. The number of ether oxygens (including phenoxy) is 1. The van der Waals surface area contributed by atoms with Crippen LogP contribution in [0.5, 0.6) is 0 Å². The smallest absolute Gasteiger partial charge is 0.127 e. The van der Waals surface area contributed by atoms with Crippen LogP contribution in [0, 0.1) is 19.3 Å². The molecule has 98 valence electrons. The van der Waals surface area contributed by atoms with Crippen LogP contribution < -0.4 is 5.73 Å². The van der Waals surface area contributed by atoms with Crippen LogP contribution >= 0.6 is 0 Å². The SMILES string of the molecule is Cc1ccc(C)c(CN2CCOC(C(=N)N)C2)c1. The molecule has 1 aliphatic rings. The molecule has 0 saturated carbocycles. The first-order valence-electron chi connectivity index (χ1n) is 6.30. The second-order valence-electron chi connectivity index (χ2n) is 4.98. The number of nitrogens with one attached hydrogen (secondary N) is 1. The first kappa shape index (κ1) is 13.1. The first-order valence-corrected chi connectivity index (χ1v) is 6.30. The molecule has 1 aromatic rings. The second-order valence-corrected chi connectivity index (χ2v) is 4.98. The summed E-state index contributed by atoms with van der Waals surface area (Å²) in [4.78, 5) is 2.30. The van der Waals surface area contributed by atoms with Gasteiger partial charge < -0.3 is 10.5 Å². The minimum atomic E-state index is -0.246. The van der Waals surface area contributed by atoms with Gasteiger partial charge in [-0.05, 0) is 25.0 Å². The molecule has 18 heavy (non-hydrogen) atoms. The standard InChI is InChI=1S/C14H21N3O/c1-10-3-4-11(2)12(7-10)8-17-5-6-18-13(9-17)14(15)16/h3-4,7,13H,5-6,8-9H2,1-2H3,(H3,15,16). The van der Waals surface area contributed by atoms with E-state index >= 15 is 0 Å². The van der Waals surface area contributed by atoms with Crippen LogP contribution in [0.25, 0.3) is 0 Å². The number of hydrogen-bond donors (Lipinski definition) is 2. The highest BCUT2D eigenvalue weighted by Gasteiger charge is 2.22. The van der Waals surface area contributed by atoms with Crippen LogP contribution in [0.1, 0.15) is 16.7 Å². The molecule has 4 nitrogen and oxygen atoms in total. The zero-order chi connectivity index (χ0) is 13.1. The largest absolute Gasteiger partial charge is 0.385 e. The molecule has 2 rings (SSSR count). The topological polar surface area (TPSA) is 62.3 Å². The van der Waals surface area contributed by atoms with E-state index in [-0.39, 0.29) is 11.9 Å². The van der Waals surface area contributed by atoms with Gasteiger partial charge in [-0.25, -0.2) is 0 Å². The summed E-state index contributed by atoms with van der Waals surface area (Å²) < 4.78 is 5.47. The molecule has 1 saturated heterocycles. The summed E-state index contributed by atoms with van der Waals surface area (Å²) in [5, 5.41) is 7.46. The Morgan fingerprint density at radius 3 is 3.00 bits per heavy atom. The normalized spacial score (nSPS) is 20.9. The van der Waals surface area contributed by atoms with E-state index < -0.39 is 0 Å². The summed E-state index contributed by atoms with van der Waals surface area (Å²) >= 11 is 0. The Labute approximate surface area is 108 Å². The summed E-state index contributed by atoms with van der Waals surface area (Å²) in [5.74, 6) is 0.126. The Kier molecular flexibility index (Phi) is 3.99. The molecule has 4 heteroatoms. The van der Waals surface area contributed by atoms with Gasteiger partial charge in [0.1, 0.15) is 11.9 Å². The third kappa shape index (κ3) is 3.09. The van der Waals surface area contributed by atoms with Crippen LogP contribution in [0.4, 0.5) is 0 Å². The molecule has 1 unspecified atom stereocenters. The third-order valence-electron chi connectivity index (χ3n) is 3.40. The van der Waals surface area contributed by atoms with E-state index in [0.717, 1.165) is 13.1 Å². The second kappa shape index (κ2) is 5.50. The fraction of sp³-hybridized carbons (Fsp3) is 0.500. The van der Waals surface area contributed by atoms with Gasteiger partial charge in [-0.2, -0.15) is 0 Å². The quantitative estimate of drug-likeness (QED) is 0.627. The highest BCUT2D eigenvalue weighted by molar-refractivity contribution is 5.82. The van der Waals surface area contributed by atoms with Crippen LogP contribution in [0.2, 0.25) is 0 Å². The fourth-order valence-corrected chi connectivity index (χ4v) is 2.25. The van der Waals surface area contributed by atoms with Gasteiger partial charge in [0.15, 0.2) is 0 Å². The third-order valence-corrected chi connectivity index (χ3v) is 3.40. The van der Waals surface area contributed by atoms with Crippen molar-refractivity contribution in [1.82, 2.24) is 4.90 Å². The van der Waals surface area contributed by atoms with Crippen molar-refractivity contribution in [2.75, 3.05) is 19.7 Å². The number of nitrogens with two attached hydrogens (primary N) is 1. The zero-order valence-electron chi connectivity index (χ0n) is 11.1. The molecule has 1 fully saturated rings. The Hall–Kier alpha value is -1.39. The van der Waals surface area contributed by atoms with Gasteiger partial charge in [-0.1, -0.05) is 23.8 Å². The van der Waals surface area contributed by atoms with Crippen molar-refractivity contribution in [3.63, 3.8) is 0 Å². The average Bonchev–Trinajstić information content (AvgIpc) is 2.34. The Bertz CT molecular complexity index is 445. The maximum atomic E-state index is 7.46. The Morgan fingerprint density at radius 2 is 2.28 bits per heavy atom. The summed E-state index contributed by atoms with van der Waals surface area (Å²) in [5.41, 5.74) is 9.45. The lowest BCUT2D eigenvalue weighted by atomic mass is 10.0. The highest BCUT2D eigenvalue weighted by Crippen LogP contribution is 2.15. The van der Waals surface area contributed by atoms with E-state index in [1.165, 1.54) is 16.7 Å². The van der Waals surface area contributed by atoms with E-state index in [0.29, 0.717) is 13.2 Å². The molecule has 1 atom stereocenters. The van der Waals surface area contributed by atoms with Gasteiger partial charge in [0.25, 0.3) is 0 Å². The van der Waals surface area contributed by atoms with Crippen molar-refractivity contribution in [1.29, 1.82) is 5.41 Å². The van der Waals surface area contributed by atoms with Gasteiger partial charge in [-0.3, -0.25) is 10.3 Å². The van der Waals surface area contributed by atoms with E-state index in [2.05, 4.69) is 36.9 Å². The minimum absolute atomic E-state index is 0.126. The van der Waals surface area contributed by atoms with E-state index in [1.807, 2.05) is 0 Å². The van der Waals surface area contributed by atoms with Crippen LogP contribution in [-0.2, 0) is 11.3 Å². The molecule has 1 aliphatic heterocycles. The van der Waals surface area contributed by atoms with E-state index in [4.69, 9.17) is 15.9 Å². The monoisotopic (exact) mass is 247 g/mol. The summed E-state index contributed by atoms with van der Waals surface area (Å²) in [6, 6.07) is 6.53. The predicted octanol–water partition coefficient (Wildman–Crippen LogP) is 1.44. The summed E-state index contributed by atoms with van der Waals surface area (Å²) in [6.45, 7) is 7.41. The minimum Gasteiger partial charge on any atom is -0.385 e. The van der Waals surface area contributed by atoms with Crippen LogP contribution in [0.3, 0.4) is 0 Å². The van der Waals surface area contributed by atoms with Gasteiger partial charge >= 0.3 is 0 Å². The molecule has 1 heterocycles. The molecule has 0 aromatic heterocycles. The maximum Gasteiger partial charge on any atom is 0.127 e. The molecule has 0 amide bonds. The van der Waals surface area contributed by atoms with Gasteiger partial charge in [-0.15, -0.1) is 0 Å². The molecule has 0 aliphatic carbocycles. The van der Waals surface area contributed by atoms with Crippen molar-refractivity contribution in [3.8, 4) is 0 Å². The van der Waals surface area contributed by atoms with Crippen molar-refractivity contribution in [2.45, 2.75) is 26.5 Å². The van der Waals surface area contributed by atoms with Crippen molar-refractivity contribution in [2.24, 2.45) is 5.73 Å². The average molecular weight is 247 g/mol. The fourth-order valence-electron chi connectivity index (χ4n) is 2.25. The summed E-state index contributed by atoms with van der Waals surface area (Å²) in [7, 11) is 0. The molecule has 0 radical (unpaired) electrons. The Morgan fingerprint density at radius 1 is 1.50 bits per heavy atom. The number of hydrogen-bond acceptors (Lipinski definition) is 3. The molecule has 0 spiro atoms. The van der Waals surface area contributed by atoms with E-state index in [9.17, 15) is 0 Å².